The standard InChI is InChI=1S/C49H100O2/c1-5-9-13-17-21-26-32-38-44-48(50,42-36-30-24-19-15-11-7-3)46-40-34-28-23-29-35-41-47-49(51,43-37-31-25-20-16-12-8-4)45-39-33-27-22-18-14-10-6-2/h50-51H,5-47H2,1-4H3. The molecule has 51 heavy (non-hydrogen) atoms. The SMILES string of the molecule is CCCCCCCCCCC(O)(CCCCCCCCC)CCCCCCCCCC(O)(CCCCCCCCC)CCCCCCCCCC. The summed E-state index contributed by atoms with van der Waals surface area (Å²) in [6.07, 6.45) is 55.2. The molecule has 0 heterocycles. The first-order valence-corrected chi connectivity index (χ1v) is 24.4. The maximum atomic E-state index is 11.7. The molecule has 0 aliphatic heterocycles. The van der Waals surface area contributed by atoms with Crippen LogP contribution in [0, 0.1) is 0 Å². The Hall–Kier alpha value is -0.0800. The highest BCUT2D eigenvalue weighted by atomic mass is 16.3. The molecule has 2 atom stereocenters. The third kappa shape index (κ3) is 36.7. The van der Waals surface area contributed by atoms with E-state index in [9.17, 15) is 10.2 Å². The van der Waals surface area contributed by atoms with Gasteiger partial charge in [0.15, 0.2) is 0 Å². The first-order valence-electron chi connectivity index (χ1n) is 24.4. The van der Waals surface area contributed by atoms with Crippen LogP contribution in [0.1, 0.15) is 304 Å². The number of hydrogen-bond acceptors (Lipinski definition) is 2. The second-order valence-corrected chi connectivity index (χ2v) is 17.6. The molecule has 0 saturated heterocycles. The van der Waals surface area contributed by atoms with E-state index in [0.29, 0.717) is 0 Å². The lowest BCUT2D eigenvalue weighted by Gasteiger charge is -2.29. The Morgan fingerprint density at radius 3 is 0.451 bits per heavy atom. The van der Waals surface area contributed by atoms with E-state index in [1.165, 1.54) is 238 Å². The van der Waals surface area contributed by atoms with Crippen molar-refractivity contribution in [2.45, 2.75) is 315 Å². The molecule has 0 fully saturated rings. The van der Waals surface area contributed by atoms with Crippen LogP contribution in [0.2, 0.25) is 0 Å². The van der Waals surface area contributed by atoms with Crippen molar-refractivity contribution < 1.29 is 10.2 Å². The summed E-state index contributed by atoms with van der Waals surface area (Å²) in [5.41, 5.74) is -0.832. The number of aliphatic hydroxyl groups is 2. The van der Waals surface area contributed by atoms with Crippen LogP contribution in [0.25, 0.3) is 0 Å². The Labute approximate surface area is 324 Å². The van der Waals surface area contributed by atoms with Crippen molar-refractivity contribution in [2.75, 3.05) is 0 Å². The van der Waals surface area contributed by atoms with Gasteiger partial charge in [-0.3, -0.25) is 0 Å². The molecule has 2 heteroatoms. The minimum Gasteiger partial charge on any atom is -0.390 e. The largest absolute Gasteiger partial charge is 0.390 e. The molecule has 0 bridgehead atoms. The maximum absolute atomic E-state index is 11.7. The van der Waals surface area contributed by atoms with Gasteiger partial charge in [0, 0.05) is 0 Å². The molecule has 0 aromatic rings. The van der Waals surface area contributed by atoms with Crippen LogP contribution in [0.4, 0.5) is 0 Å². The van der Waals surface area contributed by atoms with E-state index >= 15 is 0 Å². The maximum Gasteiger partial charge on any atom is 0.0647 e. The summed E-state index contributed by atoms with van der Waals surface area (Å²) in [7, 11) is 0. The van der Waals surface area contributed by atoms with E-state index < -0.39 is 11.2 Å². The zero-order chi connectivity index (χ0) is 37.4. The molecule has 0 aromatic heterocycles. The van der Waals surface area contributed by atoms with Crippen molar-refractivity contribution in [3.63, 3.8) is 0 Å². The van der Waals surface area contributed by atoms with Gasteiger partial charge in [-0.25, -0.2) is 0 Å². The summed E-state index contributed by atoms with van der Waals surface area (Å²) in [6.45, 7) is 9.18. The van der Waals surface area contributed by atoms with Crippen molar-refractivity contribution in [3.8, 4) is 0 Å². The van der Waals surface area contributed by atoms with Crippen LogP contribution < -0.4 is 0 Å². The molecule has 308 valence electrons. The fraction of sp³-hybridized carbons (Fsp3) is 1.00. The molecule has 0 aliphatic carbocycles. The smallest absolute Gasteiger partial charge is 0.0647 e. The minimum atomic E-state index is -0.416. The molecule has 0 amide bonds. The van der Waals surface area contributed by atoms with Crippen molar-refractivity contribution in [2.24, 2.45) is 0 Å². The first-order chi connectivity index (χ1) is 24.9. The highest BCUT2D eigenvalue weighted by molar-refractivity contribution is 4.80. The van der Waals surface area contributed by atoms with Gasteiger partial charge in [0.2, 0.25) is 0 Å². The Balaban J connectivity index is 4.43. The number of rotatable bonds is 44. The Morgan fingerprint density at radius 2 is 0.314 bits per heavy atom. The van der Waals surface area contributed by atoms with Crippen LogP contribution in [0.15, 0.2) is 0 Å². The highest BCUT2D eigenvalue weighted by Crippen LogP contribution is 2.31. The van der Waals surface area contributed by atoms with Gasteiger partial charge in [-0.1, -0.05) is 265 Å². The number of unbranched alkanes of at least 4 members (excludes halogenated alkanes) is 32. The third-order valence-electron chi connectivity index (χ3n) is 12.3. The van der Waals surface area contributed by atoms with Crippen molar-refractivity contribution in [3.05, 3.63) is 0 Å². The molecule has 2 unspecified atom stereocenters. The van der Waals surface area contributed by atoms with Gasteiger partial charge < -0.3 is 10.2 Å². The summed E-state index contributed by atoms with van der Waals surface area (Å²) in [4.78, 5) is 0. The van der Waals surface area contributed by atoms with Gasteiger partial charge >= 0.3 is 0 Å². The second kappa shape index (κ2) is 39.6. The highest BCUT2D eigenvalue weighted by Gasteiger charge is 2.26. The fourth-order valence-electron chi connectivity index (χ4n) is 8.54. The van der Waals surface area contributed by atoms with E-state index in [1.54, 1.807) is 0 Å². The van der Waals surface area contributed by atoms with E-state index in [-0.39, 0.29) is 0 Å². The first kappa shape index (κ1) is 50.9. The van der Waals surface area contributed by atoms with E-state index in [2.05, 4.69) is 27.7 Å². The van der Waals surface area contributed by atoms with E-state index in [4.69, 9.17) is 0 Å². The quantitative estimate of drug-likeness (QED) is 0.0615. The van der Waals surface area contributed by atoms with Gasteiger partial charge in [-0.2, -0.15) is 0 Å². The summed E-state index contributed by atoms with van der Waals surface area (Å²) in [5, 5.41) is 23.4. The van der Waals surface area contributed by atoms with Crippen molar-refractivity contribution in [1.29, 1.82) is 0 Å². The molecule has 0 saturated carbocycles. The average Bonchev–Trinajstić information content (AvgIpc) is 3.12. The molecule has 0 radical (unpaired) electrons. The minimum absolute atomic E-state index is 0.416. The predicted octanol–water partition coefficient (Wildman–Crippen LogP) is 17.3. The third-order valence-corrected chi connectivity index (χ3v) is 12.3. The summed E-state index contributed by atoms with van der Waals surface area (Å²) in [5.74, 6) is 0. The fourth-order valence-corrected chi connectivity index (χ4v) is 8.54. The lowest BCUT2D eigenvalue weighted by atomic mass is 9.84. The lowest BCUT2D eigenvalue weighted by molar-refractivity contribution is 0.00704. The molecular weight excluding hydrogens is 621 g/mol. The normalized spacial score (nSPS) is 14.2. The van der Waals surface area contributed by atoms with Gasteiger partial charge in [0.05, 0.1) is 11.2 Å². The monoisotopic (exact) mass is 721 g/mol. The summed E-state index contributed by atoms with van der Waals surface area (Å²) >= 11 is 0. The van der Waals surface area contributed by atoms with Gasteiger partial charge in [-0.05, 0) is 38.5 Å². The Bertz CT molecular complexity index is 594. The second-order valence-electron chi connectivity index (χ2n) is 17.6. The zero-order valence-electron chi connectivity index (χ0n) is 36.3. The van der Waals surface area contributed by atoms with Crippen LogP contribution in [0.5, 0.6) is 0 Å². The van der Waals surface area contributed by atoms with Gasteiger partial charge in [0.25, 0.3) is 0 Å². The molecule has 2 N–H and O–H groups in total. The Kier molecular flexibility index (Phi) is 39.5. The van der Waals surface area contributed by atoms with Crippen LogP contribution in [0.3, 0.4) is 0 Å². The van der Waals surface area contributed by atoms with Crippen LogP contribution in [-0.4, -0.2) is 21.4 Å². The lowest BCUT2D eigenvalue weighted by Crippen LogP contribution is -2.28. The topological polar surface area (TPSA) is 40.5 Å². The van der Waals surface area contributed by atoms with Gasteiger partial charge in [-0.15, -0.1) is 0 Å². The van der Waals surface area contributed by atoms with Crippen LogP contribution >= 0.6 is 0 Å². The van der Waals surface area contributed by atoms with E-state index in [1.807, 2.05) is 0 Å². The average molecular weight is 721 g/mol. The molecule has 0 spiro atoms. The summed E-state index contributed by atoms with van der Waals surface area (Å²) in [6, 6.07) is 0. The van der Waals surface area contributed by atoms with Crippen molar-refractivity contribution in [1.82, 2.24) is 0 Å². The van der Waals surface area contributed by atoms with E-state index in [0.717, 1.165) is 38.5 Å². The molecule has 0 aromatic carbocycles. The molecular formula is C49H100O2. The number of hydrogen-bond donors (Lipinski definition) is 2. The molecule has 0 aliphatic rings. The Morgan fingerprint density at radius 1 is 0.196 bits per heavy atom. The van der Waals surface area contributed by atoms with Crippen molar-refractivity contribution >= 4 is 0 Å². The summed E-state index contributed by atoms with van der Waals surface area (Å²) < 4.78 is 0. The predicted molar refractivity (Wildman–Crippen MR) is 231 cm³/mol. The molecule has 0 rings (SSSR count). The zero-order valence-corrected chi connectivity index (χ0v) is 36.3. The van der Waals surface area contributed by atoms with Gasteiger partial charge in [0.1, 0.15) is 0 Å². The molecule has 2 nitrogen and oxygen atoms in total. The van der Waals surface area contributed by atoms with Crippen LogP contribution in [-0.2, 0) is 0 Å².